The maximum absolute atomic E-state index is 11.8. The lowest BCUT2D eigenvalue weighted by molar-refractivity contribution is 0.573. The molecule has 2 rings (SSSR count). The van der Waals surface area contributed by atoms with Crippen LogP contribution in [0.1, 0.15) is 18.5 Å². The van der Waals surface area contributed by atoms with Gasteiger partial charge in [0, 0.05) is 13.1 Å². The third-order valence-corrected chi connectivity index (χ3v) is 4.45. The summed E-state index contributed by atoms with van der Waals surface area (Å²) in [5.74, 6) is 0.698. The van der Waals surface area contributed by atoms with Crippen molar-refractivity contribution in [3.05, 3.63) is 23.9 Å². The van der Waals surface area contributed by atoms with Gasteiger partial charge < -0.3 is 5.73 Å². The first-order valence-corrected chi connectivity index (χ1v) is 6.91. The van der Waals surface area contributed by atoms with Gasteiger partial charge in [-0.25, -0.2) is 13.4 Å². The first-order valence-electron chi connectivity index (χ1n) is 5.30. The Bertz CT molecular complexity index is 482. The van der Waals surface area contributed by atoms with Crippen molar-refractivity contribution in [2.75, 3.05) is 16.6 Å². The summed E-state index contributed by atoms with van der Waals surface area (Å²) >= 11 is 0. The van der Waals surface area contributed by atoms with Crippen LogP contribution in [0.15, 0.2) is 18.2 Å². The molecule has 2 heterocycles. The van der Waals surface area contributed by atoms with E-state index in [1.54, 1.807) is 18.2 Å². The first-order chi connectivity index (χ1) is 7.63. The standard InChI is InChI=1S/C10H15N3O2S.2ClH/c11-8-9-4-3-5-10(12-9)13-6-1-2-7-16(13,14)15;;/h3-5H,1-2,6-8,11H2;2*1H. The van der Waals surface area contributed by atoms with Crippen molar-refractivity contribution in [1.29, 1.82) is 0 Å². The topological polar surface area (TPSA) is 76.3 Å². The van der Waals surface area contributed by atoms with Gasteiger partial charge in [0.25, 0.3) is 0 Å². The van der Waals surface area contributed by atoms with Crippen LogP contribution in [0.5, 0.6) is 0 Å². The Hall–Kier alpha value is -0.560. The minimum Gasteiger partial charge on any atom is -0.325 e. The summed E-state index contributed by atoms with van der Waals surface area (Å²) in [5, 5.41) is 0. The predicted molar refractivity (Wildman–Crippen MR) is 77.0 cm³/mol. The molecule has 2 N–H and O–H groups in total. The SMILES string of the molecule is Cl.Cl.NCc1cccc(N2CCCCS2(=O)=O)n1. The number of aromatic nitrogens is 1. The van der Waals surface area contributed by atoms with E-state index in [4.69, 9.17) is 5.73 Å². The van der Waals surface area contributed by atoms with E-state index in [9.17, 15) is 8.42 Å². The number of hydrogen-bond acceptors (Lipinski definition) is 4. The third kappa shape index (κ3) is 3.71. The zero-order valence-corrected chi connectivity index (χ0v) is 12.2. The van der Waals surface area contributed by atoms with Crippen LogP contribution in [-0.2, 0) is 16.6 Å². The van der Waals surface area contributed by atoms with Gasteiger partial charge in [0.2, 0.25) is 10.0 Å². The van der Waals surface area contributed by atoms with E-state index in [0.717, 1.165) is 12.8 Å². The van der Waals surface area contributed by atoms with E-state index in [0.29, 0.717) is 24.6 Å². The molecular formula is C10H17Cl2N3O2S. The zero-order chi connectivity index (χ0) is 11.6. The van der Waals surface area contributed by atoms with Gasteiger partial charge in [0.15, 0.2) is 0 Å². The number of anilines is 1. The van der Waals surface area contributed by atoms with Crippen molar-refractivity contribution in [3.63, 3.8) is 0 Å². The van der Waals surface area contributed by atoms with Gasteiger partial charge in [0.05, 0.1) is 11.4 Å². The molecule has 5 nitrogen and oxygen atoms in total. The van der Waals surface area contributed by atoms with E-state index < -0.39 is 10.0 Å². The predicted octanol–water partition coefficient (Wildman–Crippen LogP) is 1.31. The average Bonchev–Trinajstić information content (AvgIpc) is 2.28. The van der Waals surface area contributed by atoms with Gasteiger partial charge in [-0.3, -0.25) is 4.31 Å². The molecule has 1 fully saturated rings. The fraction of sp³-hybridized carbons (Fsp3) is 0.500. The Balaban J connectivity index is 0.00000144. The second kappa shape index (κ2) is 7.13. The van der Waals surface area contributed by atoms with Gasteiger partial charge in [-0.2, -0.15) is 0 Å². The van der Waals surface area contributed by atoms with Gasteiger partial charge in [-0.15, -0.1) is 24.8 Å². The summed E-state index contributed by atoms with van der Waals surface area (Å²) in [6, 6.07) is 5.29. The van der Waals surface area contributed by atoms with Crippen molar-refractivity contribution < 1.29 is 8.42 Å². The van der Waals surface area contributed by atoms with E-state index in [1.807, 2.05) is 0 Å². The molecule has 104 valence electrons. The highest BCUT2D eigenvalue weighted by molar-refractivity contribution is 7.92. The Labute approximate surface area is 120 Å². The highest BCUT2D eigenvalue weighted by atomic mass is 35.5. The lowest BCUT2D eigenvalue weighted by Crippen LogP contribution is -2.38. The quantitative estimate of drug-likeness (QED) is 0.893. The van der Waals surface area contributed by atoms with E-state index in [-0.39, 0.29) is 30.6 Å². The van der Waals surface area contributed by atoms with E-state index in [2.05, 4.69) is 4.98 Å². The molecular weight excluding hydrogens is 297 g/mol. The van der Waals surface area contributed by atoms with Crippen molar-refractivity contribution in [2.45, 2.75) is 19.4 Å². The number of sulfonamides is 1. The van der Waals surface area contributed by atoms with Crippen LogP contribution in [-0.4, -0.2) is 25.7 Å². The molecule has 1 aliphatic heterocycles. The van der Waals surface area contributed by atoms with Crippen LogP contribution in [0, 0.1) is 0 Å². The van der Waals surface area contributed by atoms with Crippen LogP contribution in [0.2, 0.25) is 0 Å². The second-order valence-electron chi connectivity index (χ2n) is 3.79. The molecule has 0 spiro atoms. The monoisotopic (exact) mass is 313 g/mol. The maximum atomic E-state index is 11.8. The molecule has 1 aliphatic rings. The van der Waals surface area contributed by atoms with Crippen molar-refractivity contribution in [1.82, 2.24) is 4.98 Å². The molecule has 0 radical (unpaired) electrons. The largest absolute Gasteiger partial charge is 0.325 e. The Morgan fingerprint density at radius 1 is 1.28 bits per heavy atom. The second-order valence-corrected chi connectivity index (χ2v) is 5.80. The molecule has 1 aromatic rings. The molecule has 1 saturated heterocycles. The molecule has 0 bridgehead atoms. The molecule has 0 atom stereocenters. The molecule has 8 heteroatoms. The first kappa shape index (κ1) is 17.4. The Morgan fingerprint density at radius 2 is 2.00 bits per heavy atom. The minimum absolute atomic E-state index is 0. The summed E-state index contributed by atoms with van der Waals surface area (Å²) in [4.78, 5) is 4.23. The van der Waals surface area contributed by atoms with Crippen LogP contribution in [0.3, 0.4) is 0 Å². The Morgan fingerprint density at radius 3 is 2.61 bits per heavy atom. The lowest BCUT2D eigenvalue weighted by atomic mass is 10.3. The summed E-state index contributed by atoms with van der Waals surface area (Å²) in [6.45, 7) is 0.838. The molecule has 0 saturated carbocycles. The average molecular weight is 314 g/mol. The number of nitrogens with zero attached hydrogens (tertiary/aromatic N) is 2. The molecule has 0 amide bonds. The normalized spacial score (nSPS) is 17.5. The van der Waals surface area contributed by atoms with Crippen LogP contribution in [0.4, 0.5) is 5.82 Å². The summed E-state index contributed by atoms with van der Waals surface area (Å²) in [6.07, 6.45) is 1.61. The maximum Gasteiger partial charge on any atom is 0.236 e. The van der Waals surface area contributed by atoms with Gasteiger partial charge in [-0.1, -0.05) is 6.07 Å². The van der Waals surface area contributed by atoms with Gasteiger partial charge in [0.1, 0.15) is 5.82 Å². The number of hydrogen-bond donors (Lipinski definition) is 1. The number of rotatable bonds is 2. The third-order valence-electron chi connectivity index (χ3n) is 2.61. The van der Waals surface area contributed by atoms with Crippen molar-refractivity contribution in [2.24, 2.45) is 5.73 Å². The zero-order valence-electron chi connectivity index (χ0n) is 9.78. The number of nitrogens with two attached hydrogens (primary N) is 1. The number of pyridine rings is 1. The highest BCUT2D eigenvalue weighted by Crippen LogP contribution is 2.21. The number of halogens is 2. The fourth-order valence-corrected chi connectivity index (χ4v) is 3.35. The van der Waals surface area contributed by atoms with Crippen molar-refractivity contribution >= 4 is 40.7 Å². The highest BCUT2D eigenvalue weighted by Gasteiger charge is 2.26. The van der Waals surface area contributed by atoms with Crippen LogP contribution in [0.25, 0.3) is 0 Å². The molecule has 0 aromatic carbocycles. The van der Waals surface area contributed by atoms with E-state index in [1.165, 1.54) is 4.31 Å². The van der Waals surface area contributed by atoms with Crippen LogP contribution >= 0.6 is 24.8 Å². The lowest BCUT2D eigenvalue weighted by Gasteiger charge is -2.27. The molecule has 1 aromatic heterocycles. The van der Waals surface area contributed by atoms with Gasteiger partial charge >= 0.3 is 0 Å². The molecule has 18 heavy (non-hydrogen) atoms. The summed E-state index contributed by atoms with van der Waals surface area (Å²) < 4.78 is 25.1. The minimum atomic E-state index is -3.17. The molecule has 0 aliphatic carbocycles. The fourth-order valence-electron chi connectivity index (χ4n) is 1.77. The van der Waals surface area contributed by atoms with Crippen LogP contribution < -0.4 is 10.0 Å². The van der Waals surface area contributed by atoms with E-state index >= 15 is 0 Å². The van der Waals surface area contributed by atoms with Gasteiger partial charge in [-0.05, 0) is 25.0 Å². The smallest absolute Gasteiger partial charge is 0.236 e. The van der Waals surface area contributed by atoms with Crippen molar-refractivity contribution in [3.8, 4) is 0 Å². The molecule has 0 unspecified atom stereocenters. The summed E-state index contributed by atoms with van der Waals surface area (Å²) in [5.41, 5.74) is 6.19. The summed E-state index contributed by atoms with van der Waals surface area (Å²) in [7, 11) is -3.17. The Kier molecular flexibility index (Phi) is 6.91.